The average molecular weight is 592 g/mol. The number of nitrogens with zero attached hydrogens (tertiary/aromatic N) is 3. The van der Waals surface area contributed by atoms with Crippen LogP contribution in [0.1, 0.15) is 48.6 Å². The van der Waals surface area contributed by atoms with E-state index in [9.17, 15) is 14.7 Å². The Kier molecular flexibility index (Phi) is 15.1. The molecule has 0 spiro atoms. The fraction of sp³-hybridized carbons (Fsp3) is 0.455. The first kappa shape index (κ1) is 33.6. The zero-order valence-electron chi connectivity index (χ0n) is 25.3. The van der Waals surface area contributed by atoms with Gasteiger partial charge < -0.3 is 30.0 Å². The Morgan fingerprint density at radius 2 is 1.95 bits per heavy atom. The number of carbonyl (C=O) groups is 2. The van der Waals surface area contributed by atoms with Crippen molar-refractivity contribution < 1.29 is 24.2 Å². The molecule has 3 heterocycles. The van der Waals surface area contributed by atoms with Crippen molar-refractivity contribution >= 4 is 18.1 Å². The number of benzene rings is 1. The third kappa shape index (κ3) is 12.1. The summed E-state index contributed by atoms with van der Waals surface area (Å²) < 4.78 is 10.7. The maximum atomic E-state index is 11.3. The summed E-state index contributed by atoms with van der Waals surface area (Å²) in [5, 5.41) is 15.6. The highest BCUT2D eigenvalue weighted by molar-refractivity contribution is 5.73. The van der Waals surface area contributed by atoms with E-state index in [-0.39, 0.29) is 0 Å². The molecule has 0 saturated carbocycles. The maximum absolute atomic E-state index is 11.3. The van der Waals surface area contributed by atoms with Crippen LogP contribution in [0.4, 0.5) is 5.82 Å². The van der Waals surface area contributed by atoms with Crippen molar-refractivity contribution in [2.75, 3.05) is 52.3 Å². The minimum absolute atomic E-state index is 0.483. The SMILES string of the molecule is CNC(CCN(CCCCc1ccc2c(n1)NCCC2)CCOc1ccccc1)C(=O)O.COC(C=O)c1cccnc1. The number of likely N-dealkylation sites (N-methyl/N-ethyl adjacent to an activating group) is 1. The number of rotatable bonds is 17. The van der Waals surface area contributed by atoms with Crippen molar-refractivity contribution in [2.45, 2.75) is 50.7 Å². The van der Waals surface area contributed by atoms with Gasteiger partial charge in [-0.25, -0.2) is 4.98 Å². The van der Waals surface area contributed by atoms with Gasteiger partial charge in [-0.1, -0.05) is 30.3 Å². The zero-order chi connectivity index (χ0) is 30.7. The van der Waals surface area contributed by atoms with E-state index < -0.39 is 18.1 Å². The lowest BCUT2D eigenvalue weighted by atomic mass is 10.1. The van der Waals surface area contributed by atoms with Crippen molar-refractivity contribution in [1.82, 2.24) is 20.2 Å². The third-order valence-corrected chi connectivity index (χ3v) is 7.30. The molecule has 10 nitrogen and oxygen atoms in total. The molecule has 1 aliphatic heterocycles. The van der Waals surface area contributed by atoms with E-state index in [1.54, 1.807) is 31.6 Å². The highest BCUT2D eigenvalue weighted by Crippen LogP contribution is 2.20. The largest absolute Gasteiger partial charge is 0.492 e. The quantitative estimate of drug-likeness (QED) is 0.156. The molecule has 4 rings (SSSR count). The van der Waals surface area contributed by atoms with Gasteiger partial charge in [0, 0.05) is 50.4 Å². The summed E-state index contributed by atoms with van der Waals surface area (Å²) in [6.45, 7) is 3.99. The number of pyridine rings is 2. The second-order valence-corrected chi connectivity index (χ2v) is 10.3. The van der Waals surface area contributed by atoms with Gasteiger partial charge in [0.1, 0.15) is 30.3 Å². The maximum Gasteiger partial charge on any atom is 0.320 e. The standard InChI is InChI=1S/C25H36N4O3.C8H9NO2/c1-26-23(25(30)31)14-17-29(18-19-32-22-10-3-2-4-11-22)16-6-5-9-21-13-12-20-8-7-15-27-24(20)28-21;1-11-8(6-10)7-3-2-4-9-5-7/h2-4,10-13,23,26H,5-9,14-19H2,1H3,(H,27,28)(H,30,31);2-6,8H,1H3. The second kappa shape index (κ2) is 19.4. The van der Waals surface area contributed by atoms with Crippen LogP contribution in [-0.2, 0) is 27.2 Å². The minimum Gasteiger partial charge on any atom is -0.492 e. The van der Waals surface area contributed by atoms with E-state index in [1.807, 2.05) is 30.3 Å². The first-order valence-electron chi connectivity index (χ1n) is 14.9. The number of fused-ring (bicyclic) bond motifs is 1. The summed E-state index contributed by atoms with van der Waals surface area (Å²) in [6.07, 6.45) is 9.43. The van der Waals surface area contributed by atoms with Crippen LogP contribution >= 0.6 is 0 Å². The summed E-state index contributed by atoms with van der Waals surface area (Å²) in [7, 11) is 3.19. The second-order valence-electron chi connectivity index (χ2n) is 10.3. The van der Waals surface area contributed by atoms with Crippen molar-refractivity contribution in [2.24, 2.45) is 0 Å². The molecule has 2 aromatic heterocycles. The molecule has 0 amide bonds. The Morgan fingerprint density at radius 3 is 2.65 bits per heavy atom. The van der Waals surface area contributed by atoms with Gasteiger partial charge in [0.2, 0.25) is 0 Å². The molecule has 0 aliphatic carbocycles. The average Bonchev–Trinajstić information content (AvgIpc) is 3.04. The lowest BCUT2D eigenvalue weighted by Crippen LogP contribution is -2.39. The van der Waals surface area contributed by atoms with Crippen LogP contribution in [0.15, 0.2) is 67.0 Å². The molecule has 1 aromatic carbocycles. The van der Waals surface area contributed by atoms with Crippen LogP contribution < -0.4 is 15.4 Å². The van der Waals surface area contributed by atoms with Gasteiger partial charge in [0.25, 0.3) is 0 Å². The number of carboxylic acid groups (broad SMARTS) is 1. The van der Waals surface area contributed by atoms with E-state index >= 15 is 0 Å². The van der Waals surface area contributed by atoms with Gasteiger partial charge in [0.05, 0.1) is 0 Å². The van der Waals surface area contributed by atoms with Crippen molar-refractivity contribution in [3.05, 3.63) is 83.8 Å². The van der Waals surface area contributed by atoms with Crippen molar-refractivity contribution in [1.29, 1.82) is 0 Å². The number of aromatic nitrogens is 2. The lowest BCUT2D eigenvalue weighted by Gasteiger charge is -2.24. The number of ether oxygens (including phenoxy) is 2. The lowest BCUT2D eigenvalue weighted by molar-refractivity contribution is -0.139. The Hall–Kier alpha value is -3.86. The van der Waals surface area contributed by atoms with Gasteiger partial charge in [-0.2, -0.15) is 0 Å². The molecule has 43 heavy (non-hydrogen) atoms. The highest BCUT2D eigenvalue weighted by Gasteiger charge is 2.17. The molecule has 232 valence electrons. The number of hydrogen-bond donors (Lipinski definition) is 3. The van der Waals surface area contributed by atoms with Crippen molar-refractivity contribution in [3.63, 3.8) is 0 Å². The predicted molar refractivity (Wildman–Crippen MR) is 168 cm³/mol. The number of carbonyl (C=O) groups excluding carboxylic acids is 1. The van der Waals surface area contributed by atoms with E-state index in [1.165, 1.54) is 19.1 Å². The van der Waals surface area contributed by atoms with Crippen LogP contribution in [0.2, 0.25) is 0 Å². The summed E-state index contributed by atoms with van der Waals surface area (Å²) in [6, 6.07) is 17.2. The molecule has 3 N–H and O–H groups in total. The molecule has 10 heteroatoms. The number of carboxylic acids is 1. The van der Waals surface area contributed by atoms with Crippen LogP contribution in [0.5, 0.6) is 5.75 Å². The number of nitrogens with one attached hydrogen (secondary N) is 2. The number of methoxy groups -OCH3 is 1. The van der Waals surface area contributed by atoms with Crippen molar-refractivity contribution in [3.8, 4) is 5.75 Å². The number of unbranched alkanes of at least 4 members (excludes halogenated alkanes) is 1. The van der Waals surface area contributed by atoms with Crippen LogP contribution in [-0.4, -0.2) is 85.2 Å². The summed E-state index contributed by atoms with van der Waals surface area (Å²) in [5.74, 6) is 1.11. The molecule has 3 aromatic rings. The summed E-state index contributed by atoms with van der Waals surface area (Å²) in [4.78, 5) is 32.7. The molecule has 0 radical (unpaired) electrons. The van der Waals surface area contributed by atoms with E-state index in [2.05, 4.69) is 32.7 Å². The summed E-state index contributed by atoms with van der Waals surface area (Å²) in [5.41, 5.74) is 3.24. The third-order valence-electron chi connectivity index (χ3n) is 7.30. The number of aliphatic carboxylic acids is 1. The summed E-state index contributed by atoms with van der Waals surface area (Å²) >= 11 is 0. The van der Waals surface area contributed by atoms with Gasteiger partial charge in [-0.15, -0.1) is 0 Å². The monoisotopic (exact) mass is 591 g/mol. The Bertz CT molecular complexity index is 1210. The molecular formula is C33H45N5O5. The number of para-hydroxylation sites is 1. The molecule has 1 aliphatic rings. The van der Waals surface area contributed by atoms with Crippen LogP contribution in [0, 0.1) is 0 Å². The van der Waals surface area contributed by atoms with Crippen LogP contribution in [0.25, 0.3) is 0 Å². The van der Waals surface area contributed by atoms with Gasteiger partial charge >= 0.3 is 5.97 Å². The zero-order valence-corrected chi connectivity index (χ0v) is 25.3. The molecule has 2 unspecified atom stereocenters. The molecule has 2 atom stereocenters. The Labute approximate surface area is 254 Å². The first-order valence-corrected chi connectivity index (χ1v) is 14.9. The van der Waals surface area contributed by atoms with Gasteiger partial charge in [-0.3, -0.25) is 14.7 Å². The number of anilines is 1. The normalized spacial score (nSPS) is 13.6. The highest BCUT2D eigenvalue weighted by atomic mass is 16.5. The molecule has 0 fully saturated rings. The smallest absolute Gasteiger partial charge is 0.320 e. The number of aryl methyl sites for hydroxylation is 2. The van der Waals surface area contributed by atoms with Crippen LogP contribution in [0.3, 0.4) is 0 Å². The number of hydrogen-bond acceptors (Lipinski definition) is 9. The molecule has 0 bridgehead atoms. The fourth-order valence-corrected chi connectivity index (χ4v) is 4.81. The van der Waals surface area contributed by atoms with E-state index in [0.717, 1.165) is 81.0 Å². The minimum atomic E-state index is -0.805. The molecule has 0 saturated heterocycles. The predicted octanol–water partition coefficient (Wildman–Crippen LogP) is 4.17. The van der Waals surface area contributed by atoms with Gasteiger partial charge in [0.15, 0.2) is 6.29 Å². The topological polar surface area (TPSA) is 126 Å². The van der Waals surface area contributed by atoms with E-state index in [0.29, 0.717) is 13.0 Å². The first-order chi connectivity index (χ1) is 21.0. The van der Waals surface area contributed by atoms with Gasteiger partial charge in [-0.05, 0) is 81.9 Å². The Morgan fingerprint density at radius 1 is 1.12 bits per heavy atom. The Balaban J connectivity index is 0.000000386. The number of aldehydes is 1. The van der Waals surface area contributed by atoms with E-state index in [4.69, 9.17) is 14.5 Å². The fourth-order valence-electron chi connectivity index (χ4n) is 4.81. The molecular weight excluding hydrogens is 546 g/mol.